The molecule has 0 bridgehead atoms. The number of benzene rings is 2. The lowest BCUT2D eigenvalue weighted by Gasteiger charge is -2.23. The van der Waals surface area contributed by atoms with Crippen molar-refractivity contribution in [1.29, 1.82) is 0 Å². The van der Waals surface area contributed by atoms with Crippen LogP contribution >= 0.6 is 0 Å². The minimum absolute atomic E-state index is 0.179. The number of rotatable bonds is 7. The van der Waals surface area contributed by atoms with Crippen LogP contribution in [0.15, 0.2) is 53.4 Å². The maximum absolute atomic E-state index is 12.9. The molecule has 1 atom stereocenters. The van der Waals surface area contributed by atoms with Gasteiger partial charge in [0.15, 0.2) is 0 Å². The molecule has 0 spiro atoms. The number of hydrogen-bond acceptors (Lipinski definition) is 4. The molecule has 7 nitrogen and oxygen atoms in total. The van der Waals surface area contributed by atoms with E-state index >= 15 is 0 Å². The van der Waals surface area contributed by atoms with Crippen LogP contribution in [0.25, 0.3) is 0 Å². The minimum Gasteiger partial charge on any atom is -0.350 e. The van der Waals surface area contributed by atoms with Gasteiger partial charge in [-0.25, -0.2) is 8.42 Å². The number of fused-ring (bicyclic) bond motifs is 1. The fourth-order valence-corrected chi connectivity index (χ4v) is 5.31. The summed E-state index contributed by atoms with van der Waals surface area (Å²) in [5, 5.41) is 2.88. The van der Waals surface area contributed by atoms with Crippen molar-refractivity contribution < 1.29 is 18.0 Å². The van der Waals surface area contributed by atoms with Crippen LogP contribution in [0, 0.1) is 0 Å². The van der Waals surface area contributed by atoms with Crippen LogP contribution in [0.5, 0.6) is 0 Å². The zero-order valence-corrected chi connectivity index (χ0v) is 18.3. The number of hydrogen-bond donors (Lipinski definition) is 1. The summed E-state index contributed by atoms with van der Waals surface area (Å²) in [6.45, 7) is 6.10. The number of sulfonamides is 1. The zero-order valence-electron chi connectivity index (χ0n) is 17.5. The number of anilines is 1. The van der Waals surface area contributed by atoms with Crippen LogP contribution in [0.4, 0.5) is 5.69 Å². The van der Waals surface area contributed by atoms with Crippen molar-refractivity contribution in [2.75, 3.05) is 18.0 Å². The second kappa shape index (κ2) is 8.97. The van der Waals surface area contributed by atoms with Gasteiger partial charge in [0, 0.05) is 38.7 Å². The molecule has 2 aromatic rings. The zero-order chi connectivity index (χ0) is 21.9. The monoisotopic (exact) mass is 429 g/mol. The van der Waals surface area contributed by atoms with E-state index in [1.54, 1.807) is 26.0 Å². The van der Waals surface area contributed by atoms with E-state index in [-0.39, 0.29) is 23.1 Å². The molecule has 1 unspecified atom stereocenters. The molecule has 160 valence electrons. The topological polar surface area (TPSA) is 86.8 Å². The summed E-state index contributed by atoms with van der Waals surface area (Å²) in [5.41, 5.74) is 2.22. The average Bonchev–Trinajstić information content (AvgIpc) is 3.12. The number of amides is 2. The molecule has 0 saturated carbocycles. The van der Waals surface area contributed by atoms with Crippen molar-refractivity contribution in [3.8, 4) is 0 Å². The summed E-state index contributed by atoms with van der Waals surface area (Å²) >= 11 is 0. The molecular weight excluding hydrogens is 402 g/mol. The van der Waals surface area contributed by atoms with E-state index in [4.69, 9.17) is 0 Å². The molecule has 3 rings (SSSR count). The molecule has 0 aliphatic carbocycles. The Morgan fingerprint density at radius 3 is 2.37 bits per heavy atom. The highest BCUT2D eigenvalue weighted by Crippen LogP contribution is 2.35. The number of nitrogens with one attached hydrogen (secondary N) is 1. The van der Waals surface area contributed by atoms with E-state index in [1.807, 2.05) is 30.3 Å². The van der Waals surface area contributed by atoms with Gasteiger partial charge >= 0.3 is 0 Å². The maximum Gasteiger partial charge on any atom is 0.243 e. The largest absolute Gasteiger partial charge is 0.350 e. The fourth-order valence-electron chi connectivity index (χ4n) is 3.80. The van der Waals surface area contributed by atoms with Gasteiger partial charge in [-0.3, -0.25) is 14.5 Å². The molecule has 2 aromatic carbocycles. The second-order valence-corrected chi connectivity index (χ2v) is 9.13. The molecule has 1 aliphatic rings. The van der Waals surface area contributed by atoms with Gasteiger partial charge in [-0.2, -0.15) is 4.31 Å². The van der Waals surface area contributed by atoms with Crippen molar-refractivity contribution >= 4 is 27.5 Å². The molecule has 8 heteroatoms. The van der Waals surface area contributed by atoms with Gasteiger partial charge in [0.25, 0.3) is 0 Å². The Kier molecular flexibility index (Phi) is 6.58. The van der Waals surface area contributed by atoms with Crippen LogP contribution < -0.4 is 10.2 Å². The summed E-state index contributed by atoms with van der Waals surface area (Å²) in [7, 11) is -3.62. The first kappa shape index (κ1) is 22.0. The molecule has 2 amide bonds. The maximum atomic E-state index is 12.9. The van der Waals surface area contributed by atoms with Gasteiger partial charge < -0.3 is 5.32 Å². The van der Waals surface area contributed by atoms with Crippen molar-refractivity contribution in [1.82, 2.24) is 9.62 Å². The fraction of sp³-hybridized carbons (Fsp3) is 0.364. The number of nitrogens with zero attached hydrogens (tertiary/aromatic N) is 2. The highest BCUT2D eigenvalue weighted by Gasteiger charge is 2.37. The molecule has 0 aromatic heterocycles. The molecule has 0 fully saturated rings. The van der Waals surface area contributed by atoms with Crippen molar-refractivity contribution in [2.45, 2.75) is 44.7 Å². The van der Waals surface area contributed by atoms with Gasteiger partial charge in [-0.1, -0.05) is 44.2 Å². The predicted molar refractivity (Wildman–Crippen MR) is 115 cm³/mol. The molecule has 30 heavy (non-hydrogen) atoms. The SMILES string of the molecule is CCN(CC)S(=O)(=O)c1ccc2c(c1)CC(C(=O)NCc1ccccc1)N2C(C)=O. The second-order valence-electron chi connectivity index (χ2n) is 7.19. The molecule has 1 N–H and O–H groups in total. The van der Waals surface area contributed by atoms with E-state index in [2.05, 4.69) is 5.32 Å². The van der Waals surface area contributed by atoms with Crippen LogP contribution in [-0.4, -0.2) is 43.7 Å². The standard InChI is InChI=1S/C22H27N3O4S/c1-4-24(5-2)30(28,29)19-11-12-20-18(13-19)14-21(25(20)16(3)26)22(27)23-15-17-9-7-6-8-10-17/h6-13,21H,4-5,14-15H2,1-3H3,(H,23,27). The lowest BCUT2D eigenvalue weighted by molar-refractivity contribution is -0.125. The van der Waals surface area contributed by atoms with Gasteiger partial charge in [-0.15, -0.1) is 0 Å². The Bertz CT molecular complexity index is 1030. The van der Waals surface area contributed by atoms with Crippen molar-refractivity contribution in [3.05, 3.63) is 59.7 Å². The summed E-state index contributed by atoms with van der Waals surface area (Å²) in [6, 6.07) is 13.5. The third kappa shape index (κ3) is 4.24. The first-order valence-corrected chi connectivity index (χ1v) is 11.5. The lowest BCUT2D eigenvalue weighted by atomic mass is 10.1. The van der Waals surface area contributed by atoms with E-state index in [0.29, 0.717) is 30.9 Å². The summed E-state index contributed by atoms with van der Waals surface area (Å²) in [5.74, 6) is -0.522. The van der Waals surface area contributed by atoms with Crippen molar-refractivity contribution in [2.24, 2.45) is 0 Å². The van der Waals surface area contributed by atoms with Gasteiger partial charge in [-0.05, 0) is 29.3 Å². The quantitative estimate of drug-likeness (QED) is 0.732. The van der Waals surface area contributed by atoms with Gasteiger partial charge in [0.2, 0.25) is 21.8 Å². The Morgan fingerprint density at radius 2 is 1.77 bits per heavy atom. The van der Waals surface area contributed by atoms with Crippen LogP contribution in [0.1, 0.15) is 31.9 Å². The molecule has 1 aliphatic heterocycles. The first-order valence-electron chi connectivity index (χ1n) is 10.0. The van der Waals surface area contributed by atoms with Crippen LogP contribution in [0.2, 0.25) is 0 Å². The smallest absolute Gasteiger partial charge is 0.243 e. The third-order valence-corrected chi connectivity index (χ3v) is 7.38. The normalized spacial score (nSPS) is 15.9. The molecule has 1 heterocycles. The summed E-state index contributed by atoms with van der Waals surface area (Å²) in [6.07, 6.45) is 0.275. The Morgan fingerprint density at radius 1 is 1.10 bits per heavy atom. The van der Waals surface area contributed by atoms with Crippen molar-refractivity contribution in [3.63, 3.8) is 0 Å². The highest BCUT2D eigenvalue weighted by atomic mass is 32.2. The average molecular weight is 430 g/mol. The lowest BCUT2D eigenvalue weighted by Crippen LogP contribution is -2.47. The Balaban J connectivity index is 1.85. The Labute approximate surface area is 177 Å². The minimum atomic E-state index is -3.62. The number of carbonyl (C=O) groups excluding carboxylic acids is 2. The van der Waals surface area contributed by atoms with Gasteiger partial charge in [0.1, 0.15) is 6.04 Å². The molecular formula is C22H27N3O4S. The van der Waals surface area contributed by atoms with E-state index in [1.165, 1.54) is 22.2 Å². The van der Waals surface area contributed by atoms with Crippen LogP contribution in [0.3, 0.4) is 0 Å². The van der Waals surface area contributed by atoms with Gasteiger partial charge in [0.05, 0.1) is 4.90 Å². The predicted octanol–water partition coefficient (Wildman–Crippen LogP) is 2.31. The van der Waals surface area contributed by atoms with E-state index < -0.39 is 16.1 Å². The molecule has 0 radical (unpaired) electrons. The highest BCUT2D eigenvalue weighted by molar-refractivity contribution is 7.89. The molecule has 0 saturated heterocycles. The summed E-state index contributed by atoms with van der Waals surface area (Å²) in [4.78, 5) is 26.8. The summed E-state index contributed by atoms with van der Waals surface area (Å²) < 4.78 is 27.1. The van der Waals surface area contributed by atoms with Crippen LogP contribution in [-0.2, 0) is 32.6 Å². The first-order chi connectivity index (χ1) is 14.3. The van der Waals surface area contributed by atoms with E-state index in [9.17, 15) is 18.0 Å². The Hall–Kier alpha value is -2.71. The third-order valence-electron chi connectivity index (χ3n) is 5.33. The van der Waals surface area contributed by atoms with E-state index in [0.717, 1.165) is 5.56 Å². The number of carbonyl (C=O) groups is 2.